The molecule has 3 heteroatoms. The van der Waals surface area contributed by atoms with Gasteiger partial charge in [0, 0.05) is 0 Å². The molecule has 0 saturated heterocycles. The van der Waals surface area contributed by atoms with E-state index in [2.05, 4.69) is 16.6 Å². The molecule has 1 heterocycles. The van der Waals surface area contributed by atoms with E-state index in [0.29, 0.717) is 6.04 Å². The molecule has 0 N–H and O–H groups in total. The molecule has 1 aliphatic rings. The predicted molar refractivity (Wildman–Crippen MR) is 71.8 cm³/mol. The van der Waals surface area contributed by atoms with E-state index in [9.17, 15) is 4.79 Å². The van der Waals surface area contributed by atoms with Crippen molar-refractivity contribution >= 4 is 24.4 Å². The van der Waals surface area contributed by atoms with Crippen LogP contribution in [-0.2, 0) is 0 Å². The van der Waals surface area contributed by atoms with Crippen LogP contribution in [0.3, 0.4) is 0 Å². The molecule has 0 spiro atoms. The van der Waals surface area contributed by atoms with Crippen LogP contribution in [0.5, 0.6) is 0 Å². The van der Waals surface area contributed by atoms with Gasteiger partial charge in [-0.2, -0.15) is 0 Å². The van der Waals surface area contributed by atoms with Gasteiger partial charge in [-0.15, -0.1) is 0 Å². The molecule has 0 unspecified atom stereocenters. The van der Waals surface area contributed by atoms with Gasteiger partial charge in [0.1, 0.15) is 0 Å². The van der Waals surface area contributed by atoms with Crippen molar-refractivity contribution in [1.82, 2.24) is 3.56 Å². The summed E-state index contributed by atoms with van der Waals surface area (Å²) in [7, 11) is 0. The first-order valence-corrected chi connectivity index (χ1v) is 7.98. The van der Waals surface area contributed by atoms with E-state index in [-0.39, 0.29) is 20.3 Å². The molecule has 3 rings (SSSR count). The Morgan fingerprint density at radius 3 is 2.59 bits per heavy atom. The van der Waals surface area contributed by atoms with Gasteiger partial charge in [0.15, 0.2) is 0 Å². The fourth-order valence-electron chi connectivity index (χ4n) is 2.71. The Balaban J connectivity index is 2.00. The molecule has 0 radical (unpaired) electrons. The van der Waals surface area contributed by atoms with Gasteiger partial charge >= 0.3 is 107 Å². The fraction of sp³-hybridized carbons (Fsp3) is 0.500. The summed E-state index contributed by atoms with van der Waals surface area (Å²) in [5, 5.41) is 0.950. The number of aromatic nitrogens is 1. The second-order valence-electron chi connectivity index (χ2n) is 5.13. The summed E-state index contributed by atoms with van der Waals surface area (Å²) in [6.45, 7) is 2.32. The molecule has 0 aliphatic heterocycles. The Bertz CT molecular complexity index is 575. The van der Waals surface area contributed by atoms with Crippen LogP contribution in [0.2, 0.25) is 0 Å². The van der Waals surface area contributed by atoms with E-state index in [1.807, 2.05) is 18.2 Å². The van der Waals surface area contributed by atoms with Gasteiger partial charge in [-0.3, -0.25) is 0 Å². The van der Waals surface area contributed by atoms with Crippen LogP contribution in [0, 0.1) is 5.92 Å². The van der Waals surface area contributed by atoms with Crippen LogP contribution in [-0.4, -0.2) is 18.3 Å². The van der Waals surface area contributed by atoms with Crippen molar-refractivity contribution in [3.8, 4) is 0 Å². The number of nitrogens with zero attached hydrogens (tertiary/aromatic N) is 1. The summed E-state index contributed by atoms with van der Waals surface area (Å²) in [6.07, 6.45) is 4.95. The van der Waals surface area contributed by atoms with Crippen molar-refractivity contribution in [3.63, 3.8) is 0 Å². The van der Waals surface area contributed by atoms with Gasteiger partial charge in [0.2, 0.25) is 0 Å². The zero-order valence-corrected chi connectivity index (χ0v) is 11.8. The summed E-state index contributed by atoms with van der Waals surface area (Å²) < 4.78 is 3.42. The monoisotopic (exact) mass is 295 g/mol. The van der Waals surface area contributed by atoms with Crippen LogP contribution in [0.15, 0.2) is 29.1 Å². The third kappa shape index (κ3) is 2.02. The molecule has 1 saturated carbocycles. The summed E-state index contributed by atoms with van der Waals surface area (Å²) in [6, 6.07) is 8.61. The van der Waals surface area contributed by atoms with Gasteiger partial charge in [0.05, 0.1) is 0 Å². The number of rotatable bonds is 1. The van der Waals surface area contributed by atoms with Crippen LogP contribution < -0.4 is 5.56 Å². The van der Waals surface area contributed by atoms with Crippen LogP contribution >= 0.6 is 0 Å². The number of hydrogen-bond acceptors (Lipinski definition) is 1. The second kappa shape index (κ2) is 4.47. The van der Waals surface area contributed by atoms with E-state index in [1.54, 1.807) is 0 Å². The van der Waals surface area contributed by atoms with Gasteiger partial charge in [-0.1, -0.05) is 0 Å². The molecular formula is C14H17NOSe. The Hall–Kier alpha value is -0.791. The minimum atomic E-state index is 0.221. The number of benzene rings is 1. The van der Waals surface area contributed by atoms with E-state index in [0.717, 1.165) is 11.3 Å². The van der Waals surface area contributed by atoms with E-state index in [1.165, 1.54) is 29.9 Å². The zero-order valence-electron chi connectivity index (χ0n) is 10.1. The first kappa shape index (κ1) is 11.3. The van der Waals surface area contributed by atoms with Crippen molar-refractivity contribution in [3.05, 3.63) is 34.6 Å². The van der Waals surface area contributed by atoms with E-state index >= 15 is 0 Å². The summed E-state index contributed by atoms with van der Waals surface area (Å²) in [5.74, 6) is 0.846. The summed E-state index contributed by atoms with van der Waals surface area (Å²) >= 11 is 0.221. The fourth-order valence-corrected chi connectivity index (χ4v) is 5.11. The topological polar surface area (TPSA) is 22.0 Å². The Morgan fingerprint density at radius 2 is 1.88 bits per heavy atom. The van der Waals surface area contributed by atoms with E-state index < -0.39 is 0 Å². The third-order valence-corrected chi connectivity index (χ3v) is 6.38. The van der Waals surface area contributed by atoms with Crippen molar-refractivity contribution in [2.45, 2.75) is 38.6 Å². The molecule has 2 nitrogen and oxygen atoms in total. The average molecular weight is 294 g/mol. The quantitative estimate of drug-likeness (QED) is 0.741. The van der Waals surface area contributed by atoms with Crippen LogP contribution in [0.25, 0.3) is 9.65 Å². The van der Waals surface area contributed by atoms with E-state index in [4.69, 9.17) is 0 Å². The third-order valence-electron chi connectivity index (χ3n) is 3.83. The zero-order chi connectivity index (χ0) is 11.8. The summed E-state index contributed by atoms with van der Waals surface area (Å²) in [5.41, 5.74) is 0.278. The minimum absolute atomic E-state index is 0.221. The van der Waals surface area contributed by atoms with Gasteiger partial charge in [-0.05, 0) is 0 Å². The molecule has 0 atom stereocenters. The van der Waals surface area contributed by atoms with Gasteiger partial charge < -0.3 is 0 Å². The van der Waals surface area contributed by atoms with Gasteiger partial charge in [-0.25, -0.2) is 0 Å². The molecule has 1 aromatic carbocycles. The average Bonchev–Trinajstić information content (AvgIpc) is 2.69. The van der Waals surface area contributed by atoms with Crippen molar-refractivity contribution in [2.75, 3.05) is 0 Å². The molecule has 1 aliphatic carbocycles. The summed E-state index contributed by atoms with van der Waals surface area (Å²) in [4.78, 5) is 12.3. The normalized spacial score (nSPS) is 25.2. The molecule has 1 fully saturated rings. The maximum absolute atomic E-state index is 12.3. The second-order valence-corrected chi connectivity index (χ2v) is 7.26. The SMILES string of the molecule is CC1CCC(n2[se]c3ccccc3c2=O)CC1. The van der Waals surface area contributed by atoms with Gasteiger partial charge in [0.25, 0.3) is 0 Å². The maximum atomic E-state index is 12.3. The molecule has 0 bridgehead atoms. The first-order chi connectivity index (χ1) is 8.25. The van der Waals surface area contributed by atoms with Crippen molar-refractivity contribution in [1.29, 1.82) is 0 Å². The Kier molecular flexibility index (Phi) is 2.97. The van der Waals surface area contributed by atoms with Crippen LogP contribution in [0.1, 0.15) is 38.6 Å². The molecular weight excluding hydrogens is 277 g/mol. The number of fused-ring (bicyclic) bond motifs is 1. The molecule has 0 amide bonds. The predicted octanol–water partition coefficient (Wildman–Crippen LogP) is 2.81. The van der Waals surface area contributed by atoms with Crippen molar-refractivity contribution < 1.29 is 0 Å². The van der Waals surface area contributed by atoms with Crippen molar-refractivity contribution in [2.24, 2.45) is 5.92 Å². The molecule has 2 aromatic rings. The Labute approximate surface area is 107 Å². The number of hydrogen-bond donors (Lipinski definition) is 0. The molecule has 17 heavy (non-hydrogen) atoms. The Morgan fingerprint density at radius 1 is 1.18 bits per heavy atom. The molecule has 90 valence electrons. The molecule has 1 aromatic heterocycles. The van der Waals surface area contributed by atoms with Crippen LogP contribution in [0.4, 0.5) is 0 Å². The standard InChI is InChI=1S/C14H17NOSe/c1-10-6-8-11(9-7-10)15-14(16)12-4-2-3-5-13(12)17-15/h2-5,10-11H,6-9H2,1H3. The first-order valence-electron chi connectivity index (χ1n) is 6.36.